The molecule has 13 heteroatoms. The van der Waals surface area contributed by atoms with Crippen molar-refractivity contribution in [1.82, 2.24) is 25.7 Å². The summed E-state index contributed by atoms with van der Waals surface area (Å²) in [6.45, 7) is 1.84. The molecule has 1 aromatic carbocycles. The van der Waals surface area contributed by atoms with Crippen LogP contribution in [0.3, 0.4) is 0 Å². The van der Waals surface area contributed by atoms with E-state index in [1.165, 1.54) is 39.8 Å². The third-order valence-electron chi connectivity index (χ3n) is 4.80. The number of amides is 3. The first-order valence-corrected chi connectivity index (χ1v) is 12.3. The molecule has 168 valence electrons. The van der Waals surface area contributed by atoms with E-state index in [9.17, 15) is 24.6 Å². The zero-order valence-corrected chi connectivity index (χ0v) is 19.2. The van der Waals surface area contributed by atoms with Crippen LogP contribution in [0, 0.1) is 6.92 Å². The standard InChI is InChI=1S/C19H19N5O5S3/c1-9-22-23-19(32-9)31-8-11-7-30-16-12(15(26)24(16)13(11)17(27)28)20-18(29)21-14(25)10-5-3-2-4-6-10/h2-6,12,14,16,25H,7-8H2,1H3,(H,27,28)(H2,20,21,29)/t12?,14?,16-/m1/s1. The third-order valence-corrected chi connectivity index (χ3v) is 8.19. The fourth-order valence-corrected chi connectivity index (χ4v) is 6.61. The van der Waals surface area contributed by atoms with Crippen LogP contribution in [0.4, 0.5) is 4.79 Å². The maximum absolute atomic E-state index is 12.7. The molecule has 3 atom stereocenters. The molecule has 0 radical (unpaired) electrons. The number of aliphatic carboxylic acids is 1. The van der Waals surface area contributed by atoms with Gasteiger partial charge in [0.1, 0.15) is 22.1 Å². The van der Waals surface area contributed by atoms with Gasteiger partial charge in [0.2, 0.25) is 0 Å². The number of hydrogen-bond donors (Lipinski definition) is 4. The monoisotopic (exact) mass is 493 g/mol. The fraction of sp³-hybridized carbons (Fsp3) is 0.316. The lowest BCUT2D eigenvalue weighted by Crippen LogP contribution is -2.71. The zero-order chi connectivity index (χ0) is 22.8. The fourth-order valence-electron chi connectivity index (χ4n) is 3.31. The number of thioether (sulfide) groups is 2. The first-order chi connectivity index (χ1) is 15.3. The molecular formula is C19H19N5O5S3. The van der Waals surface area contributed by atoms with Crippen molar-refractivity contribution in [2.45, 2.75) is 28.9 Å². The van der Waals surface area contributed by atoms with E-state index >= 15 is 0 Å². The average molecular weight is 494 g/mol. The summed E-state index contributed by atoms with van der Waals surface area (Å²) in [5.74, 6) is -0.900. The van der Waals surface area contributed by atoms with E-state index in [1.54, 1.807) is 30.3 Å². The third kappa shape index (κ3) is 4.60. The molecule has 2 aromatic rings. The van der Waals surface area contributed by atoms with Gasteiger partial charge in [-0.3, -0.25) is 9.69 Å². The van der Waals surface area contributed by atoms with Gasteiger partial charge in [-0.1, -0.05) is 53.4 Å². The Morgan fingerprint density at radius 3 is 2.72 bits per heavy atom. The Hall–Kier alpha value is -2.61. The first-order valence-electron chi connectivity index (χ1n) is 9.48. The molecule has 0 spiro atoms. The number of urea groups is 1. The second-order valence-electron chi connectivity index (χ2n) is 6.95. The zero-order valence-electron chi connectivity index (χ0n) is 16.7. The van der Waals surface area contributed by atoms with Crippen molar-refractivity contribution < 1.29 is 24.6 Å². The lowest BCUT2D eigenvalue weighted by atomic mass is 10.0. The molecule has 1 aromatic heterocycles. The van der Waals surface area contributed by atoms with Gasteiger partial charge >= 0.3 is 12.0 Å². The lowest BCUT2D eigenvalue weighted by molar-refractivity contribution is -0.148. The summed E-state index contributed by atoms with van der Waals surface area (Å²) >= 11 is 4.18. The smallest absolute Gasteiger partial charge is 0.352 e. The number of aliphatic hydroxyl groups excluding tert-OH is 1. The van der Waals surface area contributed by atoms with Crippen molar-refractivity contribution in [3.05, 3.63) is 52.2 Å². The van der Waals surface area contributed by atoms with Crippen molar-refractivity contribution >= 4 is 52.8 Å². The number of aryl methyl sites for hydroxylation is 1. The topological polar surface area (TPSA) is 145 Å². The van der Waals surface area contributed by atoms with Gasteiger partial charge in [-0.25, -0.2) is 9.59 Å². The Morgan fingerprint density at radius 1 is 1.31 bits per heavy atom. The van der Waals surface area contributed by atoms with E-state index in [1.807, 2.05) is 6.92 Å². The normalized spacial score (nSPS) is 20.9. The maximum atomic E-state index is 12.7. The average Bonchev–Trinajstić information content (AvgIpc) is 3.20. The Bertz CT molecular complexity index is 1080. The summed E-state index contributed by atoms with van der Waals surface area (Å²) in [5.41, 5.74) is 1.07. The summed E-state index contributed by atoms with van der Waals surface area (Å²) in [4.78, 5) is 38.1. The highest BCUT2D eigenvalue weighted by atomic mass is 32.2. The van der Waals surface area contributed by atoms with E-state index in [-0.39, 0.29) is 5.70 Å². The number of carbonyl (C=O) groups excluding carboxylic acids is 2. The van der Waals surface area contributed by atoms with E-state index < -0.39 is 35.6 Å². The van der Waals surface area contributed by atoms with Gasteiger partial charge in [0.25, 0.3) is 5.91 Å². The van der Waals surface area contributed by atoms with Gasteiger partial charge in [0.05, 0.1) is 0 Å². The largest absolute Gasteiger partial charge is 0.477 e. The quantitative estimate of drug-likeness (QED) is 0.256. The highest BCUT2D eigenvalue weighted by Gasteiger charge is 2.54. The number of benzene rings is 1. The van der Waals surface area contributed by atoms with Crippen LogP contribution < -0.4 is 10.6 Å². The number of carboxylic acids is 1. The summed E-state index contributed by atoms with van der Waals surface area (Å²) in [5, 5.41) is 33.0. The molecule has 1 saturated heterocycles. The van der Waals surface area contributed by atoms with Crippen LogP contribution in [0.1, 0.15) is 16.8 Å². The maximum Gasteiger partial charge on any atom is 0.352 e. The molecule has 0 bridgehead atoms. The molecule has 0 aliphatic carbocycles. The first kappa shape index (κ1) is 22.6. The van der Waals surface area contributed by atoms with E-state index in [0.29, 0.717) is 22.6 Å². The molecule has 32 heavy (non-hydrogen) atoms. The van der Waals surface area contributed by atoms with Gasteiger partial charge in [-0.15, -0.1) is 22.0 Å². The summed E-state index contributed by atoms with van der Waals surface area (Å²) < 4.78 is 0.731. The number of β-lactam (4-membered cyclic amide) rings is 1. The Balaban J connectivity index is 1.40. The highest BCUT2D eigenvalue weighted by Crippen LogP contribution is 2.41. The van der Waals surface area contributed by atoms with Crippen LogP contribution >= 0.6 is 34.9 Å². The molecule has 4 N–H and O–H groups in total. The Labute approximate surface area is 195 Å². The molecular weight excluding hydrogens is 474 g/mol. The van der Waals surface area contributed by atoms with Crippen LogP contribution in [0.15, 0.2) is 45.9 Å². The van der Waals surface area contributed by atoms with Gasteiger partial charge < -0.3 is 20.8 Å². The molecule has 0 saturated carbocycles. The number of hydrogen-bond acceptors (Lipinski definition) is 9. The highest BCUT2D eigenvalue weighted by molar-refractivity contribution is 8.01. The molecule has 2 aliphatic rings. The summed E-state index contributed by atoms with van der Waals surface area (Å²) in [6, 6.07) is 6.96. The number of aromatic nitrogens is 2. The SMILES string of the molecule is Cc1nnc(SCC2=C(C(=O)O)N3C(=O)C(NC(=O)NC(O)c4ccccc4)[C@H]3SC2)s1. The van der Waals surface area contributed by atoms with Gasteiger partial charge in [0.15, 0.2) is 10.6 Å². The van der Waals surface area contributed by atoms with Crippen LogP contribution in [-0.2, 0) is 9.59 Å². The Kier molecular flexibility index (Phi) is 6.69. The number of fused-ring (bicyclic) bond motifs is 1. The summed E-state index contributed by atoms with van der Waals surface area (Å²) in [7, 11) is 0. The molecule has 2 aliphatic heterocycles. The molecule has 1 fully saturated rings. The number of rotatable bonds is 7. The molecule has 3 amide bonds. The molecule has 2 unspecified atom stereocenters. The van der Waals surface area contributed by atoms with Crippen molar-refractivity contribution in [2.75, 3.05) is 11.5 Å². The number of carboxylic acid groups (broad SMARTS) is 1. The van der Waals surface area contributed by atoms with Crippen molar-refractivity contribution in [3.63, 3.8) is 0 Å². The minimum absolute atomic E-state index is 0.0461. The minimum atomic E-state index is -1.23. The van der Waals surface area contributed by atoms with Crippen LogP contribution in [0.25, 0.3) is 0 Å². The van der Waals surface area contributed by atoms with Crippen LogP contribution in [0.5, 0.6) is 0 Å². The minimum Gasteiger partial charge on any atom is -0.477 e. The van der Waals surface area contributed by atoms with Crippen LogP contribution in [0.2, 0.25) is 0 Å². The van der Waals surface area contributed by atoms with Crippen molar-refractivity contribution in [2.24, 2.45) is 0 Å². The second-order valence-corrected chi connectivity index (χ2v) is 10.5. The van der Waals surface area contributed by atoms with E-state index in [0.717, 1.165) is 9.35 Å². The predicted molar refractivity (Wildman–Crippen MR) is 120 cm³/mol. The van der Waals surface area contributed by atoms with Gasteiger partial charge in [0, 0.05) is 17.1 Å². The van der Waals surface area contributed by atoms with Crippen LogP contribution in [-0.4, -0.2) is 66.1 Å². The molecule has 3 heterocycles. The number of nitrogens with zero attached hydrogens (tertiary/aromatic N) is 3. The second kappa shape index (κ2) is 9.48. The predicted octanol–water partition coefficient (Wildman–Crippen LogP) is 1.55. The molecule has 10 nitrogen and oxygen atoms in total. The van der Waals surface area contributed by atoms with E-state index in [4.69, 9.17) is 0 Å². The van der Waals surface area contributed by atoms with Gasteiger partial charge in [-0.05, 0) is 12.5 Å². The number of nitrogens with one attached hydrogen (secondary N) is 2. The molecule has 4 rings (SSSR count). The number of carbonyl (C=O) groups is 3. The number of aliphatic hydroxyl groups is 1. The van der Waals surface area contributed by atoms with Gasteiger partial charge in [-0.2, -0.15) is 0 Å². The Morgan fingerprint density at radius 2 is 2.06 bits per heavy atom. The van der Waals surface area contributed by atoms with E-state index in [2.05, 4.69) is 20.8 Å². The summed E-state index contributed by atoms with van der Waals surface area (Å²) in [6.07, 6.45) is -1.23. The van der Waals surface area contributed by atoms with Crippen molar-refractivity contribution in [1.29, 1.82) is 0 Å². The lowest BCUT2D eigenvalue weighted by Gasteiger charge is -2.49. The van der Waals surface area contributed by atoms with Crippen molar-refractivity contribution in [3.8, 4) is 0 Å².